The molecule has 0 bridgehead atoms. The molecule has 0 aliphatic rings. The molecular weight excluding hydrogens is 487 g/mol. The molecule has 24 heavy (non-hydrogen) atoms. The molecule has 120 valence electrons. The van der Waals surface area contributed by atoms with Crippen molar-refractivity contribution in [2.24, 2.45) is 0 Å². The molecular formula is C15H10N8Pt. The molecule has 0 aliphatic carbocycles. The van der Waals surface area contributed by atoms with Gasteiger partial charge in [-0.15, -0.1) is 0 Å². The first-order valence-electron chi connectivity index (χ1n) is 6.86. The van der Waals surface area contributed by atoms with Gasteiger partial charge in [0.15, 0.2) is 0 Å². The van der Waals surface area contributed by atoms with Crippen LogP contribution in [0, 0.1) is 12.7 Å². The van der Waals surface area contributed by atoms with E-state index in [4.69, 9.17) is 0 Å². The zero-order chi connectivity index (χ0) is 15.5. The van der Waals surface area contributed by atoms with Crippen LogP contribution >= 0.6 is 0 Å². The van der Waals surface area contributed by atoms with Crippen molar-refractivity contribution >= 4 is 0 Å². The van der Waals surface area contributed by atoms with Crippen LogP contribution in [0.4, 0.5) is 0 Å². The van der Waals surface area contributed by atoms with Crippen molar-refractivity contribution in [2.75, 3.05) is 0 Å². The van der Waals surface area contributed by atoms with E-state index in [9.17, 15) is 0 Å². The molecule has 8 nitrogen and oxygen atoms in total. The van der Waals surface area contributed by atoms with Gasteiger partial charge in [-0.1, -0.05) is 24.3 Å². The number of aromatic nitrogens is 8. The number of hydrogen-bond donors (Lipinski definition) is 0. The van der Waals surface area contributed by atoms with Crippen LogP contribution in [0.15, 0.2) is 49.1 Å². The summed E-state index contributed by atoms with van der Waals surface area (Å²) >= 11 is 0. The first kappa shape index (κ1) is 16.1. The molecule has 0 amide bonds. The maximum absolute atomic E-state index is 4.55. The Labute approximate surface area is 151 Å². The summed E-state index contributed by atoms with van der Waals surface area (Å²) in [6.07, 6.45) is 8.89. The van der Waals surface area contributed by atoms with E-state index in [0.29, 0.717) is 18.1 Å². The van der Waals surface area contributed by atoms with Gasteiger partial charge < -0.3 is 19.3 Å². The summed E-state index contributed by atoms with van der Waals surface area (Å²) in [5, 5.41) is 8.06. The second-order valence-electron chi connectivity index (χ2n) is 4.69. The topological polar surface area (TPSA) is 87.2 Å². The fourth-order valence-corrected chi connectivity index (χ4v) is 2.14. The predicted octanol–water partition coefficient (Wildman–Crippen LogP) is 0.827. The molecule has 0 radical (unpaired) electrons. The van der Waals surface area contributed by atoms with E-state index >= 15 is 0 Å². The molecule has 4 rings (SSSR count). The number of nitrogens with zero attached hydrogens (tertiary/aromatic N) is 8. The normalized spacial score (nSPS) is 10.3. The summed E-state index contributed by atoms with van der Waals surface area (Å²) in [6, 6.07) is 11.4. The summed E-state index contributed by atoms with van der Waals surface area (Å²) in [6.45, 7) is 0. The summed E-state index contributed by atoms with van der Waals surface area (Å²) in [5.74, 6) is 1.33. The molecule has 0 spiro atoms. The van der Waals surface area contributed by atoms with Gasteiger partial charge in [-0.2, -0.15) is 0 Å². The quantitative estimate of drug-likeness (QED) is 0.389. The van der Waals surface area contributed by atoms with Crippen LogP contribution in [-0.2, 0) is 27.5 Å². The van der Waals surface area contributed by atoms with Gasteiger partial charge in [0.1, 0.15) is 0 Å². The second kappa shape index (κ2) is 7.23. The third kappa shape index (κ3) is 3.43. The van der Waals surface area contributed by atoms with Crippen LogP contribution in [-0.4, -0.2) is 39.5 Å². The van der Waals surface area contributed by atoms with E-state index in [0.717, 1.165) is 11.4 Å². The Hall–Kier alpha value is -2.73. The first-order chi connectivity index (χ1) is 11.4. The van der Waals surface area contributed by atoms with Crippen LogP contribution in [0.3, 0.4) is 0 Å². The standard InChI is InChI=1S/C15H10N8.Pt/c1-3-12(20-14(5-1)22-10-16-8-18-22)7-13-4-2-6-15(21-13)23-11-17-9-19-23;/h1-6,8-9H,7H2;/q-2;+2. The molecule has 9 heteroatoms. The van der Waals surface area contributed by atoms with Gasteiger partial charge in [0.05, 0.1) is 11.6 Å². The monoisotopic (exact) mass is 497 g/mol. The second-order valence-corrected chi connectivity index (χ2v) is 4.69. The molecule has 0 saturated heterocycles. The first-order valence-corrected chi connectivity index (χ1v) is 6.86. The fourth-order valence-electron chi connectivity index (χ4n) is 2.14. The van der Waals surface area contributed by atoms with Crippen LogP contribution in [0.2, 0.25) is 0 Å². The average molecular weight is 497 g/mol. The summed E-state index contributed by atoms with van der Waals surface area (Å²) in [5.41, 5.74) is 1.75. The maximum Gasteiger partial charge on any atom is 2.00 e. The molecule has 0 unspecified atom stereocenters. The number of pyridine rings is 2. The van der Waals surface area contributed by atoms with Gasteiger partial charge in [-0.25, -0.2) is 10.2 Å². The Morgan fingerprint density at radius 1 is 0.750 bits per heavy atom. The van der Waals surface area contributed by atoms with E-state index in [1.165, 1.54) is 22.0 Å². The van der Waals surface area contributed by atoms with Gasteiger partial charge in [0.25, 0.3) is 0 Å². The SMILES string of the molecule is [Pt+2].[c-]1ncnn1-c1cccc(Cc2cccc(-n3[c-]ncn3)n2)n1. The summed E-state index contributed by atoms with van der Waals surface area (Å²) in [4.78, 5) is 16.7. The summed E-state index contributed by atoms with van der Waals surface area (Å²) in [7, 11) is 0. The Morgan fingerprint density at radius 2 is 1.25 bits per heavy atom. The maximum atomic E-state index is 4.55. The van der Waals surface area contributed by atoms with Gasteiger partial charge >= 0.3 is 21.1 Å². The van der Waals surface area contributed by atoms with Gasteiger partial charge in [-0.3, -0.25) is 9.97 Å². The van der Waals surface area contributed by atoms with Crippen LogP contribution in [0.5, 0.6) is 0 Å². The molecule has 0 aromatic carbocycles. The molecule has 4 aromatic rings. The van der Waals surface area contributed by atoms with Gasteiger partial charge in [0.2, 0.25) is 0 Å². The smallest absolute Gasteiger partial charge is 0.353 e. The minimum atomic E-state index is 0. The Kier molecular flexibility index (Phi) is 4.86. The third-order valence-electron chi connectivity index (χ3n) is 3.13. The Balaban J connectivity index is 0.00000169. The van der Waals surface area contributed by atoms with E-state index in [2.05, 4.69) is 42.8 Å². The Morgan fingerprint density at radius 3 is 1.67 bits per heavy atom. The number of rotatable bonds is 4. The zero-order valence-corrected chi connectivity index (χ0v) is 14.5. The third-order valence-corrected chi connectivity index (χ3v) is 3.13. The number of hydrogen-bond acceptors (Lipinski definition) is 6. The molecule has 4 aromatic heterocycles. The van der Waals surface area contributed by atoms with E-state index in [-0.39, 0.29) is 21.1 Å². The van der Waals surface area contributed by atoms with E-state index < -0.39 is 0 Å². The predicted molar refractivity (Wildman–Crippen MR) is 78.8 cm³/mol. The van der Waals surface area contributed by atoms with Crippen LogP contribution in [0.25, 0.3) is 11.6 Å². The van der Waals surface area contributed by atoms with Crippen molar-refractivity contribution < 1.29 is 21.1 Å². The minimum Gasteiger partial charge on any atom is -0.353 e. The van der Waals surface area contributed by atoms with Gasteiger partial charge in [-0.05, 0) is 12.1 Å². The Bertz CT molecular complexity index is 829. The largest absolute Gasteiger partial charge is 2.00 e. The molecule has 0 aliphatic heterocycles. The van der Waals surface area contributed by atoms with Gasteiger partial charge in [0, 0.05) is 43.1 Å². The molecule has 0 fully saturated rings. The van der Waals surface area contributed by atoms with Crippen molar-refractivity contribution in [3.63, 3.8) is 0 Å². The van der Waals surface area contributed by atoms with Crippen molar-refractivity contribution in [3.05, 3.63) is 73.1 Å². The van der Waals surface area contributed by atoms with Crippen molar-refractivity contribution in [3.8, 4) is 11.6 Å². The zero-order valence-electron chi connectivity index (χ0n) is 12.2. The summed E-state index contributed by atoms with van der Waals surface area (Å²) < 4.78 is 3.00. The minimum absolute atomic E-state index is 0. The molecule has 0 atom stereocenters. The van der Waals surface area contributed by atoms with Crippen molar-refractivity contribution in [1.29, 1.82) is 0 Å². The molecule has 4 heterocycles. The van der Waals surface area contributed by atoms with Crippen molar-refractivity contribution in [2.45, 2.75) is 6.42 Å². The van der Waals surface area contributed by atoms with E-state index in [1.54, 1.807) is 0 Å². The van der Waals surface area contributed by atoms with E-state index in [1.807, 2.05) is 36.4 Å². The molecule has 0 saturated carbocycles. The average Bonchev–Trinajstić information content (AvgIpc) is 3.29. The molecule has 0 N–H and O–H groups in total. The van der Waals surface area contributed by atoms with Crippen molar-refractivity contribution in [1.82, 2.24) is 39.5 Å². The van der Waals surface area contributed by atoms with Crippen LogP contribution in [0.1, 0.15) is 11.4 Å². The van der Waals surface area contributed by atoms with Crippen LogP contribution < -0.4 is 0 Å². The fraction of sp³-hybridized carbons (Fsp3) is 0.0667.